The fourth-order valence-corrected chi connectivity index (χ4v) is 2.97. The summed E-state index contributed by atoms with van der Waals surface area (Å²) >= 11 is 6.27. The van der Waals surface area contributed by atoms with Gasteiger partial charge in [-0.1, -0.05) is 11.6 Å². The zero-order chi connectivity index (χ0) is 15.1. The summed E-state index contributed by atoms with van der Waals surface area (Å²) in [5.74, 6) is 0.756. The smallest absolute Gasteiger partial charge is 0.339 e. The Morgan fingerprint density at radius 3 is 3.00 bits per heavy atom. The van der Waals surface area contributed by atoms with Gasteiger partial charge in [-0.15, -0.1) is 0 Å². The Labute approximate surface area is 129 Å². The molecule has 0 unspecified atom stereocenters. The van der Waals surface area contributed by atoms with Gasteiger partial charge in [0, 0.05) is 22.8 Å². The number of halogens is 1. The molecule has 0 aliphatic heterocycles. The predicted molar refractivity (Wildman–Crippen MR) is 77.0 cm³/mol. The molecular weight excluding hydrogens is 308 g/mol. The molecule has 0 bridgehead atoms. The first kappa shape index (κ1) is 13.3. The van der Waals surface area contributed by atoms with E-state index in [4.69, 9.17) is 20.8 Å². The van der Waals surface area contributed by atoms with E-state index >= 15 is 0 Å². The zero-order valence-electron chi connectivity index (χ0n) is 11.4. The average Bonchev–Trinajstić information content (AvgIpc) is 3.18. The lowest BCUT2D eigenvalue weighted by Gasteiger charge is -2.10. The van der Waals surface area contributed by atoms with Crippen LogP contribution in [-0.4, -0.2) is 15.5 Å². The molecule has 3 aromatic rings. The molecule has 1 aromatic carbocycles. The van der Waals surface area contributed by atoms with E-state index < -0.39 is 0 Å². The van der Waals surface area contributed by atoms with Crippen LogP contribution in [0.3, 0.4) is 0 Å². The number of rotatable bonds is 3. The highest BCUT2D eigenvalue weighted by Crippen LogP contribution is 2.34. The van der Waals surface area contributed by atoms with Crippen molar-refractivity contribution >= 4 is 22.6 Å². The molecule has 0 atom stereocenters. The van der Waals surface area contributed by atoms with Gasteiger partial charge in [0.05, 0.1) is 5.02 Å². The van der Waals surface area contributed by atoms with E-state index in [2.05, 4.69) is 20.6 Å². The maximum Gasteiger partial charge on any atom is 0.339 e. The molecule has 0 amide bonds. The second-order valence-corrected chi connectivity index (χ2v) is 5.47. The Balaban J connectivity index is 1.76. The molecule has 2 heterocycles. The summed E-state index contributed by atoms with van der Waals surface area (Å²) in [7, 11) is 0. The van der Waals surface area contributed by atoms with Gasteiger partial charge in [0.1, 0.15) is 17.9 Å². The van der Waals surface area contributed by atoms with Gasteiger partial charge in [0.15, 0.2) is 0 Å². The van der Waals surface area contributed by atoms with Crippen molar-refractivity contribution in [3.63, 3.8) is 0 Å². The quantitative estimate of drug-likeness (QED) is 0.678. The Morgan fingerprint density at radius 1 is 1.32 bits per heavy atom. The van der Waals surface area contributed by atoms with Crippen molar-refractivity contribution in [2.75, 3.05) is 0 Å². The molecule has 0 saturated heterocycles. The first-order valence-electron chi connectivity index (χ1n) is 6.81. The monoisotopic (exact) mass is 317 g/mol. The standard InChI is InChI=1S/C14H10ClN4O3/c15-10-4-9-7-2-1-3-8(7)14(20)22-11(9)5-12(10)21-6-13-16-18-19-17-13/h4-5H,1-3,6H2/q-1. The second kappa shape index (κ2) is 5.10. The van der Waals surface area contributed by atoms with Gasteiger partial charge in [-0.25, -0.2) is 4.79 Å². The first-order chi connectivity index (χ1) is 10.7. The van der Waals surface area contributed by atoms with Crippen molar-refractivity contribution < 1.29 is 9.15 Å². The predicted octanol–water partition coefficient (Wildman–Crippen LogP) is 1.66. The largest absolute Gasteiger partial charge is 0.487 e. The van der Waals surface area contributed by atoms with E-state index in [9.17, 15) is 4.79 Å². The molecular formula is C14H10ClN4O3-. The van der Waals surface area contributed by atoms with E-state index in [1.54, 1.807) is 12.1 Å². The molecule has 1 aliphatic carbocycles. The fraction of sp³-hybridized carbons (Fsp3) is 0.286. The number of nitrogens with zero attached hydrogens (tertiary/aromatic N) is 4. The Hall–Kier alpha value is -2.41. The lowest BCUT2D eigenvalue weighted by molar-refractivity contribution is 0.295. The minimum Gasteiger partial charge on any atom is -0.487 e. The van der Waals surface area contributed by atoms with Gasteiger partial charge < -0.3 is 14.3 Å². The van der Waals surface area contributed by atoms with E-state index in [-0.39, 0.29) is 12.2 Å². The maximum atomic E-state index is 12.0. The lowest BCUT2D eigenvalue weighted by atomic mass is 10.1. The van der Waals surface area contributed by atoms with Crippen LogP contribution in [0.2, 0.25) is 5.02 Å². The maximum absolute atomic E-state index is 12.0. The Kier molecular flexibility index (Phi) is 3.07. The number of fused-ring (bicyclic) bond motifs is 3. The average molecular weight is 318 g/mol. The summed E-state index contributed by atoms with van der Waals surface area (Å²) in [6, 6.07) is 3.41. The van der Waals surface area contributed by atoms with Gasteiger partial charge >= 0.3 is 5.63 Å². The van der Waals surface area contributed by atoms with E-state index in [0.29, 0.717) is 22.2 Å². The van der Waals surface area contributed by atoms with Crippen LogP contribution in [0.25, 0.3) is 11.0 Å². The molecule has 0 radical (unpaired) electrons. The van der Waals surface area contributed by atoms with Crippen LogP contribution in [0.1, 0.15) is 23.4 Å². The van der Waals surface area contributed by atoms with Crippen LogP contribution in [0, 0.1) is 0 Å². The molecule has 22 heavy (non-hydrogen) atoms. The van der Waals surface area contributed by atoms with Crippen molar-refractivity contribution in [3.05, 3.63) is 44.5 Å². The fourth-order valence-electron chi connectivity index (χ4n) is 2.76. The minimum absolute atomic E-state index is 0.0907. The number of tetrazole rings is 1. The topological polar surface area (TPSA) is 92.2 Å². The van der Waals surface area contributed by atoms with Crippen molar-refractivity contribution in [3.8, 4) is 5.75 Å². The number of aryl methyl sites for hydroxylation is 1. The molecule has 4 rings (SSSR count). The highest BCUT2D eigenvalue weighted by Gasteiger charge is 2.20. The Bertz CT molecular complexity index is 905. The summed E-state index contributed by atoms with van der Waals surface area (Å²) in [6.45, 7) is 0.0907. The van der Waals surface area contributed by atoms with Crippen LogP contribution in [-0.2, 0) is 19.4 Å². The molecule has 0 spiro atoms. The minimum atomic E-state index is -0.277. The number of benzene rings is 1. The first-order valence-corrected chi connectivity index (χ1v) is 7.18. The van der Waals surface area contributed by atoms with Gasteiger partial charge in [-0.05, 0) is 30.9 Å². The van der Waals surface area contributed by atoms with Crippen LogP contribution >= 0.6 is 11.6 Å². The van der Waals surface area contributed by atoms with Gasteiger partial charge in [0.25, 0.3) is 0 Å². The Morgan fingerprint density at radius 2 is 2.18 bits per heavy atom. The van der Waals surface area contributed by atoms with Crippen molar-refractivity contribution in [1.82, 2.24) is 20.6 Å². The normalized spacial score (nSPS) is 13.5. The third-order valence-electron chi connectivity index (χ3n) is 3.74. The molecule has 0 N–H and O–H groups in total. The van der Waals surface area contributed by atoms with Crippen molar-refractivity contribution in [1.29, 1.82) is 0 Å². The molecule has 112 valence electrons. The highest BCUT2D eigenvalue weighted by molar-refractivity contribution is 6.32. The summed E-state index contributed by atoms with van der Waals surface area (Å²) < 4.78 is 10.9. The van der Waals surface area contributed by atoms with Gasteiger partial charge in [-0.2, -0.15) is 5.21 Å². The van der Waals surface area contributed by atoms with E-state index in [1.165, 1.54) is 0 Å². The third-order valence-corrected chi connectivity index (χ3v) is 4.04. The number of hydrogen-bond donors (Lipinski definition) is 0. The summed E-state index contributed by atoms with van der Waals surface area (Å²) in [5, 5.41) is 15.4. The zero-order valence-corrected chi connectivity index (χ0v) is 12.1. The van der Waals surface area contributed by atoms with Gasteiger partial charge in [0.2, 0.25) is 0 Å². The second-order valence-electron chi connectivity index (χ2n) is 5.06. The van der Waals surface area contributed by atoms with Crippen molar-refractivity contribution in [2.45, 2.75) is 25.9 Å². The molecule has 7 nitrogen and oxygen atoms in total. The third kappa shape index (κ3) is 2.14. The van der Waals surface area contributed by atoms with Gasteiger partial charge in [-0.3, -0.25) is 10.3 Å². The molecule has 0 fully saturated rings. The number of hydrogen-bond acceptors (Lipinski definition) is 6. The lowest BCUT2D eigenvalue weighted by Crippen LogP contribution is -2.07. The van der Waals surface area contributed by atoms with Crippen LogP contribution in [0.4, 0.5) is 0 Å². The van der Waals surface area contributed by atoms with Crippen LogP contribution < -0.4 is 15.5 Å². The molecule has 8 heteroatoms. The SMILES string of the molecule is O=c1oc2cc(OCc3nnn[n-]3)c(Cl)cc2c2c1CCC2. The number of aromatic nitrogens is 4. The molecule has 2 aromatic heterocycles. The summed E-state index contributed by atoms with van der Waals surface area (Å²) in [4.78, 5) is 12.0. The summed E-state index contributed by atoms with van der Waals surface area (Å²) in [5.41, 5.74) is 2.00. The van der Waals surface area contributed by atoms with Crippen LogP contribution in [0.5, 0.6) is 5.75 Å². The van der Waals surface area contributed by atoms with Crippen molar-refractivity contribution in [2.24, 2.45) is 0 Å². The van der Waals surface area contributed by atoms with E-state index in [1.807, 2.05) is 0 Å². The summed E-state index contributed by atoms with van der Waals surface area (Å²) in [6.07, 6.45) is 2.59. The highest BCUT2D eigenvalue weighted by atomic mass is 35.5. The number of ether oxygens (including phenoxy) is 1. The molecule has 0 saturated carbocycles. The van der Waals surface area contributed by atoms with E-state index in [0.717, 1.165) is 35.8 Å². The molecule has 1 aliphatic rings. The van der Waals surface area contributed by atoms with Crippen LogP contribution in [0.15, 0.2) is 21.3 Å².